The Kier molecular flexibility index (Phi) is 6.40. The average molecular weight is 238 g/mol. The van der Waals surface area contributed by atoms with Gasteiger partial charge in [0, 0.05) is 11.6 Å². The Bertz CT molecular complexity index is 389. The number of carbonyl (C=O) groups is 2. The Morgan fingerprint density at radius 2 is 1.88 bits per heavy atom. The van der Waals surface area contributed by atoms with Gasteiger partial charge < -0.3 is 10.8 Å². The summed E-state index contributed by atoms with van der Waals surface area (Å²) in [4.78, 5) is 20.1. The van der Waals surface area contributed by atoms with E-state index in [1.54, 1.807) is 32.0 Å². The van der Waals surface area contributed by atoms with Crippen LogP contribution in [-0.4, -0.2) is 17.1 Å². The molecule has 5 nitrogen and oxygen atoms in total. The van der Waals surface area contributed by atoms with Gasteiger partial charge in [-0.15, -0.1) is 0 Å². The van der Waals surface area contributed by atoms with Gasteiger partial charge in [-0.25, -0.2) is 4.79 Å². The largest absolute Gasteiger partial charge is 0.465 e. The highest BCUT2D eigenvalue weighted by molar-refractivity contribution is 5.82. The van der Waals surface area contributed by atoms with Crippen LogP contribution >= 0.6 is 0 Å². The highest BCUT2D eigenvalue weighted by Crippen LogP contribution is 2.08. The molecule has 0 aliphatic heterocycles. The molecule has 1 aromatic carbocycles. The zero-order valence-electron chi connectivity index (χ0n) is 10.2. The first kappa shape index (κ1) is 15.0. The van der Waals surface area contributed by atoms with Crippen molar-refractivity contribution in [3.8, 4) is 0 Å². The number of aryl methyl sites for hydroxylation is 1. The minimum Gasteiger partial charge on any atom is -0.465 e. The van der Waals surface area contributed by atoms with E-state index in [0.29, 0.717) is 5.69 Å². The van der Waals surface area contributed by atoms with Gasteiger partial charge in [-0.2, -0.15) is 0 Å². The van der Waals surface area contributed by atoms with Crippen LogP contribution in [0.15, 0.2) is 24.3 Å². The fourth-order valence-corrected chi connectivity index (χ4v) is 0.846. The average Bonchev–Trinajstić information content (AvgIpc) is 2.17. The highest BCUT2D eigenvalue weighted by Gasteiger charge is 1.96. The van der Waals surface area contributed by atoms with Crippen molar-refractivity contribution in [1.82, 2.24) is 0 Å². The molecule has 0 aromatic heterocycles. The van der Waals surface area contributed by atoms with Crippen molar-refractivity contribution in [3.05, 3.63) is 29.8 Å². The normalized spacial score (nSPS) is 9.18. The molecule has 5 heteroatoms. The molecule has 0 aliphatic rings. The number of benzene rings is 1. The maximum absolute atomic E-state index is 10.2. The summed E-state index contributed by atoms with van der Waals surface area (Å²) in [5, 5.41) is 10.6. The smallest absolute Gasteiger partial charge is 0.409 e. The molecule has 0 saturated heterocycles. The number of carboxylic acid groups (broad SMARTS) is 1. The predicted octanol–water partition coefficient (Wildman–Crippen LogP) is 2.21. The second-order valence-electron chi connectivity index (χ2n) is 3.86. The van der Waals surface area contributed by atoms with Crippen LogP contribution in [0, 0.1) is 12.8 Å². The third-order valence-corrected chi connectivity index (χ3v) is 1.84. The number of nitrogens with one attached hydrogen (secondary N) is 1. The number of hydrogen-bond acceptors (Lipinski definition) is 2. The fraction of sp³-hybridized carbons (Fsp3) is 0.333. The Morgan fingerprint density at radius 3 is 2.24 bits per heavy atom. The Labute approximate surface area is 101 Å². The molecule has 1 aromatic rings. The van der Waals surface area contributed by atoms with E-state index in [4.69, 9.17) is 10.8 Å². The van der Waals surface area contributed by atoms with Crippen LogP contribution in [0.25, 0.3) is 0 Å². The summed E-state index contributed by atoms with van der Waals surface area (Å²) in [6.45, 7) is 5.44. The van der Waals surface area contributed by atoms with Gasteiger partial charge in [0.1, 0.15) is 0 Å². The van der Waals surface area contributed by atoms with Crippen LogP contribution in [0.3, 0.4) is 0 Å². The monoisotopic (exact) mass is 238 g/mol. The molecule has 0 fully saturated rings. The van der Waals surface area contributed by atoms with Crippen molar-refractivity contribution in [3.63, 3.8) is 0 Å². The molecular weight excluding hydrogens is 220 g/mol. The van der Waals surface area contributed by atoms with Gasteiger partial charge in [-0.05, 0) is 24.6 Å². The zero-order chi connectivity index (χ0) is 13.4. The van der Waals surface area contributed by atoms with Crippen LogP contribution in [0.2, 0.25) is 0 Å². The SMILES string of the molecule is CC(C)C(N)=O.Cc1cccc(NC(=O)O)c1. The van der Waals surface area contributed by atoms with Crippen molar-refractivity contribution in [1.29, 1.82) is 0 Å². The highest BCUT2D eigenvalue weighted by atomic mass is 16.4. The van der Waals surface area contributed by atoms with Crippen LogP contribution in [0.5, 0.6) is 0 Å². The number of carbonyl (C=O) groups excluding carboxylic acids is 1. The van der Waals surface area contributed by atoms with E-state index in [2.05, 4.69) is 5.32 Å². The van der Waals surface area contributed by atoms with E-state index in [9.17, 15) is 9.59 Å². The Hall–Kier alpha value is -2.04. The first-order valence-electron chi connectivity index (χ1n) is 5.19. The van der Waals surface area contributed by atoms with Crippen LogP contribution in [-0.2, 0) is 4.79 Å². The van der Waals surface area contributed by atoms with Gasteiger partial charge >= 0.3 is 6.09 Å². The van der Waals surface area contributed by atoms with Crippen molar-refractivity contribution >= 4 is 17.7 Å². The summed E-state index contributed by atoms with van der Waals surface area (Å²) in [5.41, 5.74) is 6.44. The van der Waals surface area contributed by atoms with Crippen LogP contribution < -0.4 is 11.1 Å². The van der Waals surface area contributed by atoms with E-state index < -0.39 is 6.09 Å². The van der Waals surface area contributed by atoms with Gasteiger partial charge in [0.2, 0.25) is 5.91 Å². The quantitative estimate of drug-likeness (QED) is 0.737. The second-order valence-corrected chi connectivity index (χ2v) is 3.86. The lowest BCUT2D eigenvalue weighted by molar-refractivity contribution is -0.120. The number of hydrogen-bond donors (Lipinski definition) is 3. The summed E-state index contributed by atoms with van der Waals surface area (Å²) in [7, 11) is 0. The summed E-state index contributed by atoms with van der Waals surface area (Å²) >= 11 is 0. The molecule has 0 radical (unpaired) electrons. The lowest BCUT2D eigenvalue weighted by Gasteiger charge is -1.99. The fourth-order valence-electron chi connectivity index (χ4n) is 0.846. The summed E-state index contributed by atoms with van der Waals surface area (Å²) < 4.78 is 0. The first-order valence-corrected chi connectivity index (χ1v) is 5.19. The maximum Gasteiger partial charge on any atom is 0.409 e. The van der Waals surface area contributed by atoms with Crippen molar-refractivity contribution in [2.75, 3.05) is 5.32 Å². The van der Waals surface area contributed by atoms with E-state index in [1.807, 2.05) is 13.0 Å². The molecule has 0 spiro atoms. The maximum atomic E-state index is 10.2. The molecule has 1 rings (SSSR count). The number of anilines is 1. The Morgan fingerprint density at radius 1 is 1.35 bits per heavy atom. The standard InChI is InChI=1S/C8H9NO2.C4H9NO/c1-6-3-2-4-7(5-6)9-8(10)11;1-3(2)4(5)6/h2-5,9H,1H3,(H,10,11);3H,1-2H3,(H2,5,6). The topological polar surface area (TPSA) is 92.4 Å². The third kappa shape index (κ3) is 7.84. The van der Waals surface area contributed by atoms with Crippen molar-refractivity contribution in [2.45, 2.75) is 20.8 Å². The van der Waals surface area contributed by atoms with E-state index >= 15 is 0 Å². The van der Waals surface area contributed by atoms with Crippen molar-refractivity contribution < 1.29 is 14.7 Å². The Balaban J connectivity index is 0.000000366. The minimum atomic E-state index is -1.03. The number of nitrogens with two attached hydrogens (primary N) is 1. The van der Waals surface area contributed by atoms with E-state index in [-0.39, 0.29) is 11.8 Å². The molecule has 0 atom stereocenters. The number of rotatable bonds is 2. The lowest BCUT2D eigenvalue weighted by atomic mass is 10.2. The summed E-state index contributed by atoms with van der Waals surface area (Å²) in [5.74, 6) is -0.250. The minimum absolute atomic E-state index is 0.00926. The molecule has 0 aliphatic carbocycles. The zero-order valence-corrected chi connectivity index (χ0v) is 10.2. The van der Waals surface area contributed by atoms with Crippen LogP contribution in [0.4, 0.5) is 10.5 Å². The molecule has 0 unspecified atom stereocenters. The van der Waals surface area contributed by atoms with Gasteiger partial charge in [0.05, 0.1) is 0 Å². The number of amides is 2. The number of primary amides is 1. The molecule has 17 heavy (non-hydrogen) atoms. The summed E-state index contributed by atoms with van der Waals surface area (Å²) in [6, 6.07) is 7.20. The predicted molar refractivity (Wildman–Crippen MR) is 66.9 cm³/mol. The third-order valence-electron chi connectivity index (χ3n) is 1.84. The van der Waals surface area contributed by atoms with Gasteiger partial charge in [0.25, 0.3) is 0 Å². The molecule has 4 N–H and O–H groups in total. The van der Waals surface area contributed by atoms with Gasteiger partial charge in [-0.3, -0.25) is 10.1 Å². The first-order chi connectivity index (χ1) is 7.82. The van der Waals surface area contributed by atoms with E-state index in [1.165, 1.54) is 0 Å². The molecule has 0 heterocycles. The molecule has 0 bridgehead atoms. The van der Waals surface area contributed by atoms with Crippen molar-refractivity contribution in [2.24, 2.45) is 11.7 Å². The molecule has 0 saturated carbocycles. The molecule has 2 amide bonds. The molecule has 94 valence electrons. The second kappa shape index (κ2) is 7.27. The summed E-state index contributed by atoms with van der Waals surface area (Å²) in [6.07, 6.45) is -1.03. The van der Waals surface area contributed by atoms with Gasteiger partial charge in [0.15, 0.2) is 0 Å². The van der Waals surface area contributed by atoms with Crippen LogP contribution in [0.1, 0.15) is 19.4 Å². The van der Waals surface area contributed by atoms with Gasteiger partial charge in [-0.1, -0.05) is 26.0 Å². The van der Waals surface area contributed by atoms with E-state index in [0.717, 1.165) is 5.56 Å². The molecular formula is C12H18N2O3. The lowest BCUT2D eigenvalue weighted by Crippen LogP contribution is -2.17.